The van der Waals surface area contributed by atoms with Gasteiger partial charge in [0.15, 0.2) is 0 Å². The lowest BCUT2D eigenvalue weighted by atomic mass is 10.3. The molecule has 0 spiro atoms. The third-order valence-corrected chi connectivity index (χ3v) is 3.15. The summed E-state index contributed by atoms with van der Waals surface area (Å²) in [6.45, 7) is 2.67. The van der Waals surface area contributed by atoms with Crippen LogP contribution in [0.3, 0.4) is 0 Å². The van der Waals surface area contributed by atoms with Gasteiger partial charge in [-0.3, -0.25) is 0 Å². The second-order valence-electron chi connectivity index (χ2n) is 3.27. The topological polar surface area (TPSA) is 75.6 Å². The van der Waals surface area contributed by atoms with Crippen molar-refractivity contribution in [1.82, 2.24) is 4.89 Å². The van der Waals surface area contributed by atoms with Gasteiger partial charge in [0.1, 0.15) is 5.75 Å². The Morgan fingerprint density at radius 1 is 1.31 bits per heavy atom. The summed E-state index contributed by atoms with van der Waals surface area (Å²) in [6, 6.07) is 5.86. The number of nitrogens with one attached hydrogen (secondary N) is 1. The van der Waals surface area contributed by atoms with E-state index < -0.39 is 10.0 Å². The molecule has 0 heterocycles. The van der Waals surface area contributed by atoms with Gasteiger partial charge >= 0.3 is 0 Å². The molecule has 5 nitrogen and oxygen atoms in total. The van der Waals surface area contributed by atoms with E-state index in [2.05, 4.69) is 6.92 Å². The summed E-state index contributed by atoms with van der Waals surface area (Å²) in [4.78, 5) is 1.26. The molecule has 6 heteroatoms. The molecule has 1 aromatic carbocycles. The summed E-state index contributed by atoms with van der Waals surface area (Å²) in [5.41, 5.74) is 0. The Kier molecular flexibility index (Phi) is 4.72. The van der Waals surface area contributed by atoms with Crippen molar-refractivity contribution in [3.05, 3.63) is 24.3 Å². The van der Waals surface area contributed by atoms with Crippen molar-refractivity contribution >= 4 is 10.0 Å². The molecule has 0 saturated heterocycles. The number of hydrogen-bond donors (Lipinski definition) is 2. The van der Waals surface area contributed by atoms with Crippen molar-refractivity contribution in [1.29, 1.82) is 0 Å². The van der Waals surface area contributed by atoms with Gasteiger partial charge in [0, 0.05) is 0 Å². The van der Waals surface area contributed by atoms with E-state index in [1.54, 1.807) is 12.1 Å². The number of benzene rings is 1. The summed E-state index contributed by atoms with van der Waals surface area (Å²) in [5.74, 6) is 0.616. The minimum Gasteiger partial charge on any atom is -0.494 e. The fraction of sp³-hybridized carbons (Fsp3) is 0.400. The van der Waals surface area contributed by atoms with Crippen LogP contribution < -0.4 is 9.62 Å². The number of ether oxygens (including phenoxy) is 1. The van der Waals surface area contributed by atoms with Gasteiger partial charge in [-0.25, -0.2) is 8.42 Å². The van der Waals surface area contributed by atoms with Crippen LogP contribution in [0.2, 0.25) is 0 Å². The first-order valence-corrected chi connectivity index (χ1v) is 6.47. The van der Waals surface area contributed by atoms with E-state index in [4.69, 9.17) is 9.94 Å². The van der Waals surface area contributed by atoms with E-state index in [1.165, 1.54) is 17.0 Å². The highest BCUT2D eigenvalue weighted by Gasteiger charge is 2.11. The fourth-order valence-electron chi connectivity index (χ4n) is 1.10. The van der Waals surface area contributed by atoms with Crippen LogP contribution in [0.4, 0.5) is 0 Å². The number of sulfonamides is 1. The van der Waals surface area contributed by atoms with Gasteiger partial charge in [-0.1, -0.05) is 18.2 Å². The lowest BCUT2D eigenvalue weighted by Gasteiger charge is -2.06. The van der Waals surface area contributed by atoms with Gasteiger partial charge in [-0.2, -0.15) is 0 Å². The van der Waals surface area contributed by atoms with Crippen molar-refractivity contribution in [2.24, 2.45) is 0 Å². The third kappa shape index (κ3) is 3.48. The Bertz CT molecular complexity index is 413. The molecular weight excluding hydrogens is 230 g/mol. The van der Waals surface area contributed by atoms with Gasteiger partial charge in [-0.15, -0.1) is 0 Å². The molecule has 0 aliphatic carbocycles. The van der Waals surface area contributed by atoms with Crippen molar-refractivity contribution in [2.75, 3.05) is 6.61 Å². The molecule has 0 unspecified atom stereocenters. The smallest absolute Gasteiger partial charge is 0.262 e. The molecule has 0 aliphatic heterocycles. The minimum atomic E-state index is -3.79. The van der Waals surface area contributed by atoms with E-state index in [9.17, 15) is 8.42 Å². The van der Waals surface area contributed by atoms with Gasteiger partial charge in [0.25, 0.3) is 10.0 Å². The van der Waals surface area contributed by atoms with Crippen molar-refractivity contribution < 1.29 is 18.4 Å². The summed E-state index contributed by atoms with van der Waals surface area (Å²) in [7, 11) is -3.79. The molecule has 1 rings (SSSR count). The molecule has 0 aromatic heterocycles. The van der Waals surface area contributed by atoms with E-state index in [0.717, 1.165) is 12.8 Å². The average molecular weight is 245 g/mol. The maximum atomic E-state index is 11.2. The van der Waals surface area contributed by atoms with Crippen LogP contribution in [0, 0.1) is 0 Å². The largest absolute Gasteiger partial charge is 0.494 e. The van der Waals surface area contributed by atoms with Gasteiger partial charge in [0.05, 0.1) is 11.5 Å². The molecule has 16 heavy (non-hydrogen) atoms. The van der Waals surface area contributed by atoms with Gasteiger partial charge in [-0.05, 0) is 30.7 Å². The lowest BCUT2D eigenvalue weighted by Crippen LogP contribution is -2.19. The van der Waals surface area contributed by atoms with Gasteiger partial charge < -0.3 is 9.94 Å². The Balaban J connectivity index is 2.68. The first kappa shape index (κ1) is 13.0. The molecule has 0 radical (unpaired) electrons. The quantitative estimate of drug-likeness (QED) is 0.588. The average Bonchev–Trinajstić information content (AvgIpc) is 2.30. The summed E-state index contributed by atoms with van der Waals surface area (Å²) < 4.78 is 27.7. The summed E-state index contributed by atoms with van der Waals surface area (Å²) in [5, 5.41) is 8.42. The number of unbranched alkanes of at least 4 members (excludes halogenated alkanes) is 1. The number of rotatable bonds is 6. The Labute approximate surface area is 95.1 Å². The highest BCUT2D eigenvalue weighted by molar-refractivity contribution is 7.89. The standard InChI is InChI=1S/C10H15NO4S/c1-2-3-8-15-9-4-6-10(7-5-9)16(13,14)11-12/h4-7,11-12H,2-3,8H2,1H3. The molecule has 0 saturated carbocycles. The zero-order chi connectivity index (χ0) is 12.0. The molecule has 1 aromatic rings. The molecule has 0 bridgehead atoms. The second-order valence-corrected chi connectivity index (χ2v) is 4.93. The van der Waals surface area contributed by atoms with Crippen molar-refractivity contribution in [3.8, 4) is 5.75 Å². The van der Waals surface area contributed by atoms with Crippen LogP contribution in [0.25, 0.3) is 0 Å². The molecule has 0 fully saturated rings. The van der Waals surface area contributed by atoms with E-state index in [0.29, 0.717) is 12.4 Å². The first-order valence-electron chi connectivity index (χ1n) is 4.99. The normalized spacial score (nSPS) is 11.4. The Morgan fingerprint density at radius 3 is 2.44 bits per heavy atom. The summed E-state index contributed by atoms with van der Waals surface area (Å²) in [6.07, 6.45) is 2.00. The van der Waals surface area contributed by atoms with Crippen LogP contribution in [-0.2, 0) is 10.0 Å². The van der Waals surface area contributed by atoms with Crippen LogP contribution in [-0.4, -0.2) is 20.2 Å². The van der Waals surface area contributed by atoms with Crippen molar-refractivity contribution in [3.63, 3.8) is 0 Å². The molecule has 0 atom stereocenters. The van der Waals surface area contributed by atoms with Crippen molar-refractivity contribution in [2.45, 2.75) is 24.7 Å². The Hall–Kier alpha value is -1.11. The second kappa shape index (κ2) is 5.83. The Morgan fingerprint density at radius 2 is 1.94 bits per heavy atom. The van der Waals surface area contributed by atoms with Crippen LogP contribution in [0.1, 0.15) is 19.8 Å². The monoisotopic (exact) mass is 245 g/mol. The van der Waals surface area contributed by atoms with Crippen LogP contribution in [0.5, 0.6) is 5.75 Å². The highest BCUT2D eigenvalue weighted by Crippen LogP contribution is 2.15. The predicted octanol–water partition coefficient (Wildman–Crippen LogP) is 1.53. The molecular formula is C10H15NO4S. The summed E-state index contributed by atoms with van der Waals surface area (Å²) >= 11 is 0. The van der Waals surface area contributed by atoms with Gasteiger partial charge in [0.2, 0.25) is 0 Å². The van der Waals surface area contributed by atoms with E-state index in [1.807, 2.05) is 0 Å². The fourth-order valence-corrected chi connectivity index (χ4v) is 1.70. The zero-order valence-corrected chi connectivity index (χ0v) is 9.83. The van der Waals surface area contributed by atoms with E-state index in [-0.39, 0.29) is 4.90 Å². The molecule has 2 N–H and O–H groups in total. The SMILES string of the molecule is CCCCOc1ccc(S(=O)(=O)NO)cc1. The third-order valence-electron chi connectivity index (χ3n) is 2.02. The van der Waals surface area contributed by atoms with Crippen LogP contribution >= 0.6 is 0 Å². The maximum Gasteiger partial charge on any atom is 0.262 e. The number of hydrogen-bond acceptors (Lipinski definition) is 4. The van der Waals surface area contributed by atoms with Crippen LogP contribution in [0.15, 0.2) is 29.2 Å². The minimum absolute atomic E-state index is 0.00200. The van der Waals surface area contributed by atoms with E-state index >= 15 is 0 Å². The highest BCUT2D eigenvalue weighted by atomic mass is 32.2. The zero-order valence-electron chi connectivity index (χ0n) is 9.01. The molecule has 0 aliphatic rings. The molecule has 0 amide bonds. The molecule has 90 valence electrons. The predicted molar refractivity (Wildman–Crippen MR) is 59.0 cm³/mol. The maximum absolute atomic E-state index is 11.2. The lowest BCUT2D eigenvalue weighted by molar-refractivity contribution is 0.242. The first-order chi connectivity index (χ1) is 7.60.